The number of aliphatic hydroxyl groups excluding tert-OH is 2. The van der Waals surface area contributed by atoms with Gasteiger partial charge in [0.25, 0.3) is 0 Å². The first-order valence-electron chi connectivity index (χ1n) is 15.8. The van der Waals surface area contributed by atoms with Crippen molar-refractivity contribution >= 4 is 17.9 Å². The van der Waals surface area contributed by atoms with E-state index >= 15 is 0 Å². The molecule has 2 spiro atoms. The lowest BCUT2D eigenvalue weighted by atomic mass is 9.51. The molecule has 3 fully saturated rings. The summed E-state index contributed by atoms with van der Waals surface area (Å²) in [5.74, 6) is -2.19. The van der Waals surface area contributed by atoms with Gasteiger partial charge in [-0.05, 0) is 38.2 Å². The minimum Gasteiger partial charge on any atom is -0.463 e. The topological polar surface area (TPSA) is 150 Å². The Bertz CT molecular complexity index is 1200. The molecule has 5 aliphatic rings. The van der Waals surface area contributed by atoms with Crippen molar-refractivity contribution in [2.75, 3.05) is 19.8 Å². The third kappa shape index (κ3) is 5.66. The first kappa shape index (κ1) is 32.8. The smallest absolute Gasteiger partial charge is 0.335 e. The molecule has 0 aromatic rings. The van der Waals surface area contributed by atoms with Crippen molar-refractivity contribution in [3.63, 3.8) is 0 Å². The molecule has 0 aromatic carbocycles. The Morgan fingerprint density at radius 3 is 2.64 bits per heavy atom. The van der Waals surface area contributed by atoms with Crippen LogP contribution in [0.2, 0.25) is 0 Å². The summed E-state index contributed by atoms with van der Waals surface area (Å²) in [5, 5.41) is 21.1. The average molecular weight is 619 g/mol. The summed E-state index contributed by atoms with van der Waals surface area (Å²) in [6, 6.07) is 0. The largest absolute Gasteiger partial charge is 0.463 e. The Morgan fingerprint density at radius 2 is 1.95 bits per heavy atom. The Kier molecular flexibility index (Phi) is 9.45. The number of epoxide rings is 1. The van der Waals surface area contributed by atoms with E-state index < -0.39 is 70.9 Å². The summed E-state index contributed by atoms with van der Waals surface area (Å²) in [7, 11) is 0. The van der Waals surface area contributed by atoms with Crippen LogP contribution in [0.15, 0.2) is 36.0 Å². The minimum atomic E-state index is -1.43. The van der Waals surface area contributed by atoms with E-state index in [0.29, 0.717) is 25.9 Å². The Morgan fingerprint density at radius 1 is 1.20 bits per heavy atom. The molecule has 2 bridgehead atoms. The molecule has 11 nitrogen and oxygen atoms in total. The Hall–Kier alpha value is -2.57. The summed E-state index contributed by atoms with van der Waals surface area (Å²) in [5.41, 5.74) is -1.86. The second-order valence-electron chi connectivity index (χ2n) is 13.2. The molecular weight excluding hydrogens is 572 g/mol. The van der Waals surface area contributed by atoms with Crippen molar-refractivity contribution in [1.82, 2.24) is 0 Å². The quantitative estimate of drug-likeness (QED) is 0.207. The molecule has 11 unspecified atom stereocenters. The summed E-state index contributed by atoms with van der Waals surface area (Å²) in [6.07, 6.45) is 4.81. The number of carbonyl (C=O) groups excluding carboxylic acids is 3. The summed E-state index contributed by atoms with van der Waals surface area (Å²) in [4.78, 5) is 39.2. The summed E-state index contributed by atoms with van der Waals surface area (Å²) >= 11 is 0. The number of hydrogen-bond donors (Lipinski definition) is 2. The van der Waals surface area contributed by atoms with Crippen LogP contribution in [0, 0.1) is 16.7 Å². The highest BCUT2D eigenvalue weighted by molar-refractivity contribution is 5.82. The molecule has 11 atom stereocenters. The van der Waals surface area contributed by atoms with Gasteiger partial charge >= 0.3 is 17.9 Å². The number of allylic oxidation sites excluding steroid dienone is 2. The highest BCUT2D eigenvalue weighted by atomic mass is 16.6. The molecule has 3 heterocycles. The fourth-order valence-corrected chi connectivity index (χ4v) is 7.59. The lowest BCUT2D eigenvalue weighted by Crippen LogP contribution is -2.68. The van der Waals surface area contributed by atoms with Gasteiger partial charge < -0.3 is 38.6 Å². The van der Waals surface area contributed by atoms with Crippen LogP contribution in [0.25, 0.3) is 0 Å². The number of cyclic esters (lactones) is 1. The number of ether oxygens (including phenoxy) is 6. The maximum absolute atomic E-state index is 13.3. The van der Waals surface area contributed by atoms with Crippen molar-refractivity contribution in [3.8, 4) is 0 Å². The molecule has 2 aliphatic carbocycles. The predicted octanol–water partition coefficient (Wildman–Crippen LogP) is 2.72. The van der Waals surface area contributed by atoms with Gasteiger partial charge in [0.2, 0.25) is 0 Å². The van der Waals surface area contributed by atoms with Gasteiger partial charge in [-0.25, -0.2) is 9.59 Å². The molecule has 2 N–H and O–H groups in total. The standard InChI is InChI=1S/C33H46O11/c1-6-9-27(35)42-23-16-32-17-40-30(38)29(37)19(2)12-13-39-22(21(4)34)10-7-8-11-28(36)44-24-15-26(43-25(32)14-20(23)3)33(18-41-33)31(24,32)5/h7-8,10-11,14,19,21-26,29,34,37H,6,9,12-13,15-18H2,1-5H3. The monoisotopic (exact) mass is 618 g/mol. The average Bonchev–Trinajstić information content (AvgIpc) is 3.75. The minimum absolute atomic E-state index is 0.173. The van der Waals surface area contributed by atoms with Crippen molar-refractivity contribution in [2.45, 2.75) is 115 Å². The van der Waals surface area contributed by atoms with Gasteiger partial charge in [0.15, 0.2) is 6.10 Å². The number of esters is 3. The first-order chi connectivity index (χ1) is 20.9. The molecule has 0 amide bonds. The number of carbonyl (C=O) groups is 3. The van der Waals surface area contributed by atoms with Crippen LogP contribution in [0.3, 0.4) is 0 Å². The maximum Gasteiger partial charge on any atom is 0.335 e. The molecule has 3 aliphatic heterocycles. The number of aliphatic hydroxyl groups is 2. The van der Waals surface area contributed by atoms with E-state index in [1.165, 1.54) is 12.2 Å². The second kappa shape index (κ2) is 12.7. The van der Waals surface area contributed by atoms with Gasteiger partial charge in [-0.2, -0.15) is 0 Å². The molecule has 0 radical (unpaired) electrons. The Labute approximate surface area is 258 Å². The van der Waals surface area contributed by atoms with Crippen molar-refractivity contribution in [1.29, 1.82) is 0 Å². The van der Waals surface area contributed by atoms with Crippen LogP contribution in [-0.4, -0.2) is 96.3 Å². The van der Waals surface area contributed by atoms with Crippen molar-refractivity contribution in [3.05, 3.63) is 36.0 Å². The lowest BCUT2D eigenvalue weighted by Gasteiger charge is -2.59. The molecule has 244 valence electrons. The van der Waals surface area contributed by atoms with Crippen LogP contribution in [0.5, 0.6) is 0 Å². The van der Waals surface area contributed by atoms with Gasteiger partial charge in [0.05, 0.1) is 35.7 Å². The van der Waals surface area contributed by atoms with Gasteiger partial charge in [0.1, 0.15) is 30.5 Å². The zero-order chi connectivity index (χ0) is 31.9. The van der Waals surface area contributed by atoms with E-state index in [4.69, 9.17) is 28.4 Å². The van der Waals surface area contributed by atoms with Crippen molar-refractivity contribution in [2.24, 2.45) is 16.7 Å². The zero-order valence-electron chi connectivity index (χ0n) is 26.2. The van der Waals surface area contributed by atoms with E-state index in [1.807, 2.05) is 26.8 Å². The highest BCUT2D eigenvalue weighted by Gasteiger charge is 2.83. The zero-order valence-corrected chi connectivity index (χ0v) is 26.2. The van der Waals surface area contributed by atoms with Crippen LogP contribution in [-0.2, 0) is 42.8 Å². The predicted molar refractivity (Wildman–Crippen MR) is 156 cm³/mol. The van der Waals surface area contributed by atoms with Crippen molar-refractivity contribution < 1.29 is 53.0 Å². The van der Waals surface area contributed by atoms with Crippen LogP contribution >= 0.6 is 0 Å². The third-order valence-electron chi connectivity index (χ3n) is 10.5. The molecule has 0 aromatic heterocycles. The van der Waals surface area contributed by atoms with Gasteiger partial charge in [0, 0.05) is 31.9 Å². The molecule has 11 heteroatoms. The van der Waals surface area contributed by atoms with Crippen LogP contribution < -0.4 is 0 Å². The molecule has 44 heavy (non-hydrogen) atoms. The van der Waals surface area contributed by atoms with Gasteiger partial charge in [-0.15, -0.1) is 0 Å². The normalized spacial score (nSPS) is 43.2. The number of hydrogen-bond acceptors (Lipinski definition) is 11. The fourth-order valence-electron chi connectivity index (χ4n) is 7.59. The SMILES string of the molecule is CCCC(=O)OC1CC23COC(=O)C(O)C(C)CCOC(C(C)O)C=CC=CC(=O)OC4CC(OC2C=C1C)C1(CO1)C43C. The second-order valence-corrected chi connectivity index (χ2v) is 13.2. The maximum atomic E-state index is 13.3. The van der Waals surface area contributed by atoms with Crippen LogP contribution in [0.1, 0.15) is 66.7 Å². The van der Waals surface area contributed by atoms with E-state index in [1.54, 1.807) is 26.0 Å². The summed E-state index contributed by atoms with van der Waals surface area (Å²) in [6.45, 7) is 9.49. The molecular formula is C33H46O11. The van der Waals surface area contributed by atoms with E-state index in [0.717, 1.165) is 5.57 Å². The summed E-state index contributed by atoms with van der Waals surface area (Å²) < 4.78 is 36.6. The highest BCUT2D eigenvalue weighted by Crippen LogP contribution is 2.72. The number of rotatable bonds is 4. The van der Waals surface area contributed by atoms with Gasteiger partial charge in [-0.3, -0.25) is 4.79 Å². The molecule has 1 saturated carbocycles. The van der Waals surface area contributed by atoms with E-state index in [2.05, 4.69) is 0 Å². The molecule has 5 rings (SSSR count). The van der Waals surface area contributed by atoms with E-state index in [-0.39, 0.29) is 38.1 Å². The third-order valence-corrected chi connectivity index (χ3v) is 10.5. The Balaban J connectivity index is 1.54. The molecule has 2 saturated heterocycles. The fraction of sp³-hybridized carbons (Fsp3) is 0.727. The lowest BCUT2D eigenvalue weighted by molar-refractivity contribution is -0.242. The van der Waals surface area contributed by atoms with E-state index in [9.17, 15) is 24.6 Å². The first-order valence-corrected chi connectivity index (χ1v) is 15.8. The van der Waals surface area contributed by atoms with Crippen LogP contribution in [0.4, 0.5) is 0 Å². The van der Waals surface area contributed by atoms with Gasteiger partial charge in [-0.1, -0.05) is 45.1 Å².